The monoisotopic (exact) mass is 276 g/mol. The first-order chi connectivity index (χ1) is 9.06. The van der Waals surface area contributed by atoms with Crippen molar-refractivity contribution in [2.75, 3.05) is 24.3 Å². The Morgan fingerprint density at radius 1 is 1.16 bits per heavy atom. The molecule has 0 aromatic heterocycles. The van der Waals surface area contributed by atoms with Crippen molar-refractivity contribution in [3.63, 3.8) is 0 Å². The number of rotatable bonds is 4. The minimum Gasteiger partial charge on any atom is -0.508 e. The van der Waals surface area contributed by atoms with Gasteiger partial charge in [0.15, 0.2) is 0 Å². The highest BCUT2D eigenvalue weighted by molar-refractivity contribution is 6.33. The Bertz CT molecular complexity index is 570. The van der Waals surface area contributed by atoms with Crippen LogP contribution in [0, 0.1) is 0 Å². The van der Waals surface area contributed by atoms with Crippen LogP contribution in [-0.4, -0.2) is 19.2 Å². The lowest BCUT2D eigenvalue weighted by molar-refractivity contribution is 0.474. The van der Waals surface area contributed by atoms with Gasteiger partial charge in [0.2, 0.25) is 0 Å². The smallest absolute Gasteiger partial charge is 0.115 e. The highest BCUT2D eigenvalue weighted by Gasteiger charge is 2.03. The zero-order chi connectivity index (χ0) is 13.8. The molecule has 0 atom stereocenters. The second kappa shape index (κ2) is 5.85. The topological polar surface area (TPSA) is 35.5 Å². The molecule has 0 saturated heterocycles. The van der Waals surface area contributed by atoms with Crippen LogP contribution in [0.2, 0.25) is 5.02 Å². The molecule has 2 rings (SSSR count). The molecule has 2 aromatic carbocycles. The Balaban J connectivity index is 2.06. The lowest BCUT2D eigenvalue weighted by atomic mass is 10.2. The van der Waals surface area contributed by atoms with Crippen molar-refractivity contribution < 1.29 is 5.11 Å². The van der Waals surface area contributed by atoms with Crippen LogP contribution in [0.3, 0.4) is 0 Å². The Morgan fingerprint density at radius 2 is 1.95 bits per heavy atom. The molecule has 0 aliphatic rings. The third-order valence-electron chi connectivity index (χ3n) is 2.84. The molecule has 100 valence electrons. The van der Waals surface area contributed by atoms with Crippen LogP contribution in [0.4, 0.5) is 11.4 Å². The summed E-state index contributed by atoms with van der Waals surface area (Å²) in [5.41, 5.74) is 2.97. The van der Waals surface area contributed by atoms with Crippen molar-refractivity contribution in [2.45, 2.75) is 6.54 Å². The molecule has 4 heteroatoms. The average Bonchev–Trinajstić information content (AvgIpc) is 2.36. The molecule has 0 bridgehead atoms. The summed E-state index contributed by atoms with van der Waals surface area (Å²) in [7, 11) is 3.92. The summed E-state index contributed by atoms with van der Waals surface area (Å²) < 4.78 is 0. The summed E-state index contributed by atoms with van der Waals surface area (Å²) in [6.45, 7) is 0.645. The number of hydrogen-bond acceptors (Lipinski definition) is 3. The molecule has 3 nitrogen and oxygen atoms in total. The Labute approximate surface area is 118 Å². The van der Waals surface area contributed by atoms with Crippen molar-refractivity contribution >= 4 is 23.0 Å². The van der Waals surface area contributed by atoms with Crippen LogP contribution < -0.4 is 10.2 Å². The van der Waals surface area contributed by atoms with E-state index in [2.05, 4.69) is 5.32 Å². The van der Waals surface area contributed by atoms with Gasteiger partial charge >= 0.3 is 0 Å². The highest BCUT2D eigenvalue weighted by atomic mass is 35.5. The van der Waals surface area contributed by atoms with Gasteiger partial charge in [-0.05, 0) is 35.9 Å². The second-order valence-corrected chi connectivity index (χ2v) is 4.99. The van der Waals surface area contributed by atoms with Crippen LogP contribution in [0.25, 0.3) is 0 Å². The SMILES string of the molecule is CN(C)c1ccc(NCc2cccc(O)c2)cc1Cl. The van der Waals surface area contributed by atoms with Gasteiger partial charge in [0.05, 0.1) is 10.7 Å². The van der Waals surface area contributed by atoms with Crippen LogP contribution in [0.1, 0.15) is 5.56 Å². The third-order valence-corrected chi connectivity index (χ3v) is 3.14. The lowest BCUT2D eigenvalue weighted by Crippen LogP contribution is -2.09. The Hall–Kier alpha value is -1.87. The number of benzene rings is 2. The van der Waals surface area contributed by atoms with Gasteiger partial charge < -0.3 is 15.3 Å². The maximum Gasteiger partial charge on any atom is 0.115 e. The van der Waals surface area contributed by atoms with Gasteiger partial charge in [0.25, 0.3) is 0 Å². The first-order valence-electron chi connectivity index (χ1n) is 6.05. The third kappa shape index (κ3) is 3.55. The van der Waals surface area contributed by atoms with Crippen molar-refractivity contribution in [3.05, 3.63) is 53.1 Å². The number of phenolic OH excluding ortho intramolecular Hbond substituents is 1. The summed E-state index contributed by atoms with van der Waals surface area (Å²) in [4.78, 5) is 1.97. The van der Waals surface area contributed by atoms with E-state index in [1.807, 2.05) is 49.3 Å². The van der Waals surface area contributed by atoms with E-state index in [-0.39, 0.29) is 5.75 Å². The predicted octanol–water partition coefficient (Wildman–Crippen LogP) is 3.72. The molecule has 0 aliphatic carbocycles. The van der Waals surface area contributed by atoms with Gasteiger partial charge in [0.1, 0.15) is 5.75 Å². The normalized spacial score (nSPS) is 10.3. The number of hydrogen-bond donors (Lipinski definition) is 2. The summed E-state index contributed by atoms with van der Waals surface area (Å²) in [6.07, 6.45) is 0. The average molecular weight is 277 g/mol. The maximum absolute atomic E-state index is 9.40. The Morgan fingerprint density at radius 3 is 2.58 bits per heavy atom. The quantitative estimate of drug-likeness (QED) is 0.893. The predicted molar refractivity (Wildman–Crippen MR) is 81.2 cm³/mol. The molecule has 0 aliphatic heterocycles. The van der Waals surface area contributed by atoms with E-state index in [0.29, 0.717) is 11.6 Å². The zero-order valence-corrected chi connectivity index (χ0v) is 11.8. The van der Waals surface area contributed by atoms with Crippen LogP contribution in [0.5, 0.6) is 5.75 Å². The van der Waals surface area contributed by atoms with E-state index in [0.717, 1.165) is 16.9 Å². The highest BCUT2D eigenvalue weighted by Crippen LogP contribution is 2.27. The van der Waals surface area contributed by atoms with Gasteiger partial charge in [-0.2, -0.15) is 0 Å². The molecule has 0 fully saturated rings. The van der Waals surface area contributed by atoms with Crippen LogP contribution >= 0.6 is 11.6 Å². The number of phenols is 1. The number of nitrogens with one attached hydrogen (secondary N) is 1. The first-order valence-corrected chi connectivity index (χ1v) is 6.43. The van der Waals surface area contributed by atoms with Gasteiger partial charge in [-0.1, -0.05) is 23.7 Å². The molecule has 0 saturated carbocycles. The minimum absolute atomic E-state index is 0.278. The molecular formula is C15H17ClN2O. The fourth-order valence-electron chi connectivity index (χ4n) is 1.85. The molecule has 0 unspecified atom stereocenters. The fraction of sp³-hybridized carbons (Fsp3) is 0.200. The molecule has 0 heterocycles. The second-order valence-electron chi connectivity index (χ2n) is 4.58. The minimum atomic E-state index is 0.278. The standard InChI is InChI=1S/C15H17ClN2O/c1-18(2)15-7-6-12(9-14(15)16)17-10-11-4-3-5-13(19)8-11/h3-9,17,19H,10H2,1-2H3. The fourth-order valence-corrected chi connectivity index (χ4v) is 2.20. The first kappa shape index (κ1) is 13.6. The van der Waals surface area contributed by atoms with Gasteiger partial charge in [-0.25, -0.2) is 0 Å². The van der Waals surface area contributed by atoms with E-state index in [9.17, 15) is 5.11 Å². The number of aromatic hydroxyl groups is 1. The molecule has 19 heavy (non-hydrogen) atoms. The molecule has 2 N–H and O–H groups in total. The van der Waals surface area contributed by atoms with Crippen molar-refractivity contribution in [1.82, 2.24) is 0 Å². The van der Waals surface area contributed by atoms with Crippen LogP contribution in [0.15, 0.2) is 42.5 Å². The van der Waals surface area contributed by atoms with E-state index in [4.69, 9.17) is 11.6 Å². The molecule has 2 aromatic rings. The van der Waals surface area contributed by atoms with Gasteiger partial charge in [-0.15, -0.1) is 0 Å². The molecule has 0 spiro atoms. The summed E-state index contributed by atoms with van der Waals surface area (Å²) in [6, 6.07) is 13.1. The van der Waals surface area contributed by atoms with E-state index in [1.165, 1.54) is 0 Å². The molecule has 0 amide bonds. The van der Waals surface area contributed by atoms with Gasteiger partial charge in [-0.3, -0.25) is 0 Å². The van der Waals surface area contributed by atoms with E-state index < -0.39 is 0 Å². The number of anilines is 2. The number of nitrogens with zero attached hydrogens (tertiary/aromatic N) is 1. The summed E-state index contributed by atoms with van der Waals surface area (Å²) in [5.74, 6) is 0.278. The Kier molecular flexibility index (Phi) is 4.17. The van der Waals surface area contributed by atoms with E-state index >= 15 is 0 Å². The zero-order valence-electron chi connectivity index (χ0n) is 11.0. The van der Waals surface area contributed by atoms with Crippen molar-refractivity contribution in [1.29, 1.82) is 0 Å². The maximum atomic E-state index is 9.40. The molecular weight excluding hydrogens is 260 g/mol. The summed E-state index contributed by atoms with van der Waals surface area (Å²) >= 11 is 6.21. The summed E-state index contributed by atoms with van der Waals surface area (Å²) in [5, 5.41) is 13.4. The van der Waals surface area contributed by atoms with E-state index in [1.54, 1.807) is 12.1 Å². The number of halogens is 1. The lowest BCUT2D eigenvalue weighted by Gasteiger charge is -2.15. The van der Waals surface area contributed by atoms with Gasteiger partial charge in [0, 0.05) is 26.3 Å². The largest absolute Gasteiger partial charge is 0.508 e. The van der Waals surface area contributed by atoms with Crippen molar-refractivity contribution in [2.24, 2.45) is 0 Å². The van der Waals surface area contributed by atoms with Crippen molar-refractivity contribution in [3.8, 4) is 5.75 Å². The van der Waals surface area contributed by atoms with Crippen LogP contribution in [-0.2, 0) is 6.54 Å². The molecule has 0 radical (unpaired) electrons.